The predicted molar refractivity (Wildman–Crippen MR) is 94.3 cm³/mol. The first-order valence-electron chi connectivity index (χ1n) is 7.20. The molecule has 23 heavy (non-hydrogen) atoms. The Morgan fingerprint density at radius 2 is 1.91 bits per heavy atom. The fourth-order valence-corrected chi connectivity index (χ4v) is 3.38. The number of aryl methyl sites for hydroxylation is 1. The van der Waals surface area contributed by atoms with Crippen molar-refractivity contribution in [1.29, 1.82) is 0 Å². The molecule has 0 bridgehead atoms. The number of fused-ring (bicyclic) bond motifs is 1. The number of thioether (sulfide) groups is 1. The lowest BCUT2D eigenvalue weighted by atomic mass is 10.1. The van der Waals surface area contributed by atoms with Gasteiger partial charge in [-0.2, -0.15) is 10.1 Å². The smallest absolute Gasteiger partial charge is 0.199 e. The van der Waals surface area contributed by atoms with E-state index in [-0.39, 0.29) is 0 Å². The lowest BCUT2D eigenvalue weighted by molar-refractivity contribution is 0.659. The van der Waals surface area contributed by atoms with Crippen molar-refractivity contribution >= 4 is 29.1 Å². The molecule has 0 fully saturated rings. The normalized spacial score (nSPS) is 13.6. The summed E-state index contributed by atoms with van der Waals surface area (Å²) < 4.78 is 0. The first-order chi connectivity index (χ1) is 11.2. The van der Waals surface area contributed by atoms with E-state index in [0.29, 0.717) is 5.82 Å². The van der Waals surface area contributed by atoms with Gasteiger partial charge in [-0.15, -0.1) is 9.89 Å². The van der Waals surface area contributed by atoms with Crippen molar-refractivity contribution in [3.8, 4) is 11.4 Å². The molecular formula is C17H13ClN4S. The summed E-state index contributed by atoms with van der Waals surface area (Å²) in [4.78, 5) is 6.21. The van der Waals surface area contributed by atoms with Crippen LogP contribution in [0.4, 0.5) is 0 Å². The topological polar surface area (TPSA) is 43.1 Å². The van der Waals surface area contributed by atoms with E-state index in [9.17, 15) is 0 Å². The van der Waals surface area contributed by atoms with Gasteiger partial charge in [-0.1, -0.05) is 59.3 Å². The number of nitrogens with zero attached hydrogens (tertiary/aromatic N) is 4. The van der Waals surface area contributed by atoms with Gasteiger partial charge >= 0.3 is 0 Å². The molecular weight excluding hydrogens is 328 g/mol. The Balaban J connectivity index is 1.71. The van der Waals surface area contributed by atoms with E-state index in [4.69, 9.17) is 11.6 Å². The average Bonchev–Trinajstić information content (AvgIpc) is 2.99. The summed E-state index contributed by atoms with van der Waals surface area (Å²) in [5, 5.41) is 10.7. The first-order valence-corrected chi connectivity index (χ1v) is 8.56. The average molecular weight is 341 g/mol. The summed E-state index contributed by atoms with van der Waals surface area (Å²) in [6.45, 7) is 2.06. The second-order valence-electron chi connectivity index (χ2n) is 5.32. The van der Waals surface area contributed by atoms with E-state index < -0.39 is 0 Å². The molecule has 0 unspecified atom stereocenters. The zero-order valence-corrected chi connectivity index (χ0v) is 14.0. The number of hydrogen-bond donors (Lipinski definition) is 0. The van der Waals surface area contributed by atoms with Crippen LogP contribution in [0.25, 0.3) is 11.4 Å². The standard InChI is InChI=1S/C17H13ClN4S/c1-11-3-2-4-13(9-11)16-19-17-22(21-16)20-15(10-23-17)12-5-7-14(18)8-6-12/h2-9H,10H2,1H3. The Hall–Kier alpha value is -2.11. The van der Waals surface area contributed by atoms with Crippen molar-refractivity contribution in [3.63, 3.8) is 0 Å². The van der Waals surface area contributed by atoms with Gasteiger partial charge in [-0.05, 0) is 30.7 Å². The summed E-state index contributed by atoms with van der Waals surface area (Å²) >= 11 is 7.58. The van der Waals surface area contributed by atoms with Gasteiger partial charge in [-0.25, -0.2) is 0 Å². The summed E-state index contributed by atoms with van der Waals surface area (Å²) in [7, 11) is 0. The van der Waals surface area contributed by atoms with E-state index in [1.54, 1.807) is 16.6 Å². The highest BCUT2D eigenvalue weighted by molar-refractivity contribution is 7.99. The van der Waals surface area contributed by atoms with Gasteiger partial charge in [0.1, 0.15) is 0 Å². The Morgan fingerprint density at radius 3 is 2.70 bits per heavy atom. The maximum atomic E-state index is 5.94. The van der Waals surface area contributed by atoms with Crippen LogP contribution < -0.4 is 0 Å². The molecule has 1 aliphatic heterocycles. The lowest BCUT2D eigenvalue weighted by Gasteiger charge is -2.11. The van der Waals surface area contributed by atoms with E-state index in [1.807, 2.05) is 36.4 Å². The molecule has 3 aromatic rings. The summed E-state index contributed by atoms with van der Waals surface area (Å²) in [5.74, 6) is 1.48. The van der Waals surface area contributed by atoms with Crippen molar-refractivity contribution in [2.24, 2.45) is 5.10 Å². The van der Waals surface area contributed by atoms with E-state index >= 15 is 0 Å². The molecule has 1 aromatic heterocycles. The minimum Gasteiger partial charge on any atom is -0.199 e. The Bertz CT molecular complexity index is 899. The molecule has 4 rings (SSSR count). The quantitative estimate of drug-likeness (QED) is 0.700. The molecule has 114 valence electrons. The molecule has 0 saturated carbocycles. The Morgan fingerprint density at radius 1 is 1.09 bits per heavy atom. The predicted octanol–water partition coefficient (Wildman–Crippen LogP) is 4.27. The molecule has 1 aliphatic rings. The van der Waals surface area contributed by atoms with E-state index in [0.717, 1.165) is 32.8 Å². The largest absolute Gasteiger partial charge is 0.211 e. The number of benzene rings is 2. The number of halogens is 1. The second kappa shape index (κ2) is 5.83. The molecule has 6 heteroatoms. The van der Waals surface area contributed by atoms with Crippen molar-refractivity contribution in [2.45, 2.75) is 12.1 Å². The van der Waals surface area contributed by atoms with Crippen LogP contribution in [0.15, 0.2) is 58.8 Å². The van der Waals surface area contributed by atoms with Gasteiger partial charge in [0.15, 0.2) is 5.82 Å². The molecule has 0 spiro atoms. The van der Waals surface area contributed by atoms with Crippen LogP contribution in [0, 0.1) is 6.92 Å². The fourth-order valence-electron chi connectivity index (χ4n) is 2.41. The molecule has 0 aliphatic carbocycles. The zero-order valence-electron chi connectivity index (χ0n) is 12.4. The third-order valence-corrected chi connectivity index (χ3v) is 4.75. The number of hydrogen-bond acceptors (Lipinski definition) is 4. The van der Waals surface area contributed by atoms with Gasteiger partial charge in [0.05, 0.1) is 5.71 Å². The van der Waals surface area contributed by atoms with Crippen molar-refractivity contribution in [1.82, 2.24) is 14.9 Å². The van der Waals surface area contributed by atoms with Crippen LogP contribution in [0.1, 0.15) is 11.1 Å². The van der Waals surface area contributed by atoms with Gasteiger partial charge in [0, 0.05) is 16.3 Å². The van der Waals surface area contributed by atoms with Gasteiger partial charge in [0.2, 0.25) is 5.16 Å². The van der Waals surface area contributed by atoms with Crippen LogP contribution in [0.3, 0.4) is 0 Å². The maximum Gasteiger partial charge on any atom is 0.211 e. The Kier molecular flexibility index (Phi) is 3.67. The molecule has 0 saturated heterocycles. The van der Waals surface area contributed by atoms with Crippen LogP contribution in [0.5, 0.6) is 0 Å². The minimum absolute atomic E-state index is 0.706. The lowest BCUT2D eigenvalue weighted by Crippen LogP contribution is -2.13. The van der Waals surface area contributed by atoms with E-state index in [2.05, 4.69) is 34.2 Å². The SMILES string of the molecule is Cc1cccc(-c2nc3n(n2)N=C(c2ccc(Cl)cc2)CS3)c1. The van der Waals surface area contributed by atoms with Gasteiger partial charge < -0.3 is 0 Å². The van der Waals surface area contributed by atoms with Crippen LogP contribution >= 0.6 is 23.4 Å². The summed E-state index contributed by atoms with van der Waals surface area (Å²) in [5.41, 5.74) is 4.23. The highest BCUT2D eigenvalue weighted by Gasteiger charge is 2.19. The van der Waals surface area contributed by atoms with Crippen LogP contribution in [-0.2, 0) is 0 Å². The molecule has 0 amide bonds. The fraction of sp³-hybridized carbons (Fsp3) is 0.118. The molecule has 0 atom stereocenters. The summed E-state index contributed by atoms with van der Waals surface area (Å²) in [6.07, 6.45) is 0. The molecule has 0 radical (unpaired) electrons. The highest BCUT2D eigenvalue weighted by Crippen LogP contribution is 2.26. The van der Waals surface area contributed by atoms with E-state index in [1.165, 1.54) is 5.56 Å². The third kappa shape index (κ3) is 2.90. The molecule has 0 N–H and O–H groups in total. The number of aromatic nitrogens is 3. The minimum atomic E-state index is 0.706. The number of rotatable bonds is 2. The monoisotopic (exact) mass is 340 g/mol. The first kappa shape index (κ1) is 14.5. The van der Waals surface area contributed by atoms with Crippen molar-refractivity contribution in [3.05, 3.63) is 64.7 Å². The van der Waals surface area contributed by atoms with Crippen LogP contribution in [-0.4, -0.2) is 26.3 Å². The second-order valence-corrected chi connectivity index (χ2v) is 6.70. The van der Waals surface area contributed by atoms with Crippen LogP contribution in [0.2, 0.25) is 5.02 Å². The maximum absolute atomic E-state index is 5.94. The van der Waals surface area contributed by atoms with Gasteiger partial charge in [-0.3, -0.25) is 0 Å². The Labute approximate surface area is 143 Å². The summed E-state index contributed by atoms with van der Waals surface area (Å²) in [6, 6.07) is 15.9. The van der Waals surface area contributed by atoms with Gasteiger partial charge in [0.25, 0.3) is 0 Å². The molecule has 2 heterocycles. The molecule has 2 aromatic carbocycles. The zero-order chi connectivity index (χ0) is 15.8. The van der Waals surface area contributed by atoms with Crippen molar-refractivity contribution < 1.29 is 0 Å². The molecule has 4 nitrogen and oxygen atoms in total. The third-order valence-electron chi connectivity index (χ3n) is 3.57. The highest BCUT2D eigenvalue weighted by atomic mass is 35.5. The van der Waals surface area contributed by atoms with Crippen molar-refractivity contribution in [2.75, 3.05) is 5.75 Å².